The third kappa shape index (κ3) is 4.39. The van der Waals surface area contributed by atoms with Crippen molar-refractivity contribution in [3.8, 4) is 5.69 Å². The number of halogens is 1. The van der Waals surface area contributed by atoms with Crippen molar-refractivity contribution >= 4 is 54.9 Å². The Hall–Kier alpha value is -2.43. The minimum atomic E-state index is -3.12. The molecule has 0 saturated carbocycles. The lowest BCUT2D eigenvalue weighted by Gasteiger charge is -2.26. The minimum Gasteiger partial charge on any atom is -0.448 e. The zero-order chi connectivity index (χ0) is 23.2. The van der Waals surface area contributed by atoms with E-state index in [-0.39, 0.29) is 11.5 Å². The number of fused-ring (bicyclic) bond motifs is 1. The van der Waals surface area contributed by atoms with Crippen molar-refractivity contribution in [3.05, 3.63) is 45.9 Å². The van der Waals surface area contributed by atoms with E-state index < -0.39 is 33.9 Å². The van der Waals surface area contributed by atoms with Crippen molar-refractivity contribution < 1.29 is 22.7 Å². The van der Waals surface area contributed by atoms with Crippen LogP contribution in [0.15, 0.2) is 30.3 Å². The molecule has 170 valence electrons. The number of ether oxygens (including phenoxy) is 1. The summed E-state index contributed by atoms with van der Waals surface area (Å²) in [5.41, 5.74) is 1.57. The van der Waals surface area contributed by atoms with Gasteiger partial charge in [-0.05, 0) is 50.6 Å². The van der Waals surface area contributed by atoms with Crippen LogP contribution in [0, 0.1) is 6.92 Å². The van der Waals surface area contributed by atoms with Gasteiger partial charge in [-0.3, -0.25) is 4.79 Å². The third-order valence-corrected chi connectivity index (χ3v) is 8.65. The highest BCUT2D eigenvalue weighted by molar-refractivity contribution is 7.91. The summed E-state index contributed by atoms with van der Waals surface area (Å²) >= 11 is 7.20. The minimum absolute atomic E-state index is 0.0628. The highest BCUT2D eigenvalue weighted by Crippen LogP contribution is 2.31. The largest absolute Gasteiger partial charge is 0.448 e. The van der Waals surface area contributed by atoms with E-state index in [1.54, 1.807) is 29.9 Å². The van der Waals surface area contributed by atoms with Crippen molar-refractivity contribution in [1.29, 1.82) is 0 Å². The number of amides is 1. The van der Waals surface area contributed by atoms with Gasteiger partial charge in [0, 0.05) is 23.5 Å². The van der Waals surface area contributed by atoms with E-state index in [0.717, 1.165) is 21.6 Å². The third-order valence-electron chi connectivity index (χ3n) is 5.55. The van der Waals surface area contributed by atoms with Gasteiger partial charge in [0.1, 0.15) is 9.71 Å². The number of aryl methyl sites for hydroxylation is 1. The molecular weight excluding hydrogens is 474 g/mol. The Morgan fingerprint density at radius 2 is 2.00 bits per heavy atom. The molecule has 1 aliphatic heterocycles. The first-order valence-electron chi connectivity index (χ1n) is 9.99. The zero-order valence-corrected chi connectivity index (χ0v) is 20.1. The molecule has 2 aromatic heterocycles. The predicted octanol–water partition coefficient (Wildman–Crippen LogP) is 3.24. The second-order valence-electron chi connectivity index (χ2n) is 7.86. The molecule has 11 heteroatoms. The molecule has 0 spiro atoms. The Kier molecular flexibility index (Phi) is 6.04. The van der Waals surface area contributed by atoms with Crippen LogP contribution in [-0.2, 0) is 19.4 Å². The lowest BCUT2D eigenvalue weighted by atomic mass is 10.2. The predicted molar refractivity (Wildman–Crippen MR) is 123 cm³/mol. The second kappa shape index (κ2) is 8.49. The van der Waals surface area contributed by atoms with Gasteiger partial charge in [-0.25, -0.2) is 17.9 Å². The smallest absolute Gasteiger partial charge is 0.349 e. The number of thiophene rings is 1. The first-order valence-corrected chi connectivity index (χ1v) is 13.0. The topological polar surface area (TPSA) is 98.6 Å². The fraction of sp³-hybridized carbons (Fsp3) is 0.381. The quantitative estimate of drug-likeness (QED) is 0.504. The van der Waals surface area contributed by atoms with Gasteiger partial charge in [0.25, 0.3) is 5.91 Å². The van der Waals surface area contributed by atoms with Gasteiger partial charge in [0.05, 0.1) is 22.9 Å². The van der Waals surface area contributed by atoms with E-state index in [1.165, 1.54) is 23.2 Å². The van der Waals surface area contributed by atoms with E-state index in [4.69, 9.17) is 16.3 Å². The molecule has 4 rings (SSSR count). The SMILES string of the molecule is Cc1nn(-c2ccc(Cl)cc2)c2sc(C(=O)OC(C)C(=O)N(C)C3CCS(=O)(=O)C3)cc12. The molecular formula is C21H22ClN3O5S2. The van der Waals surface area contributed by atoms with Gasteiger partial charge in [-0.1, -0.05) is 11.6 Å². The number of carbonyl (C=O) groups is 2. The molecule has 0 aliphatic carbocycles. The fourth-order valence-corrected chi connectivity index (χ4v) is 6.69. The van der Waals surface area contributed by atoms with Crippen LogP contribution >= 0.6 is 22.9 Å². The summed E-state index contributed by atoms with van der Waals surface area (Å²) in [5, 5.41) is 5.98. The number of nitrogens with zero attached hydrogens (tertiary/aromatic N) is 3. The maximum Gasteiger partial charge on any atom is 0.349 e. The van der Waals surface area contributed by atoms with E-state index in [0.29, 0.717) is 16.3 Å². The summed E-state index contributed by atoms with van der Waals surface area (Å²) in [5.74, 6) is -1.03. The van der Waals surface area contributed by atoms with Gasteiger partial charge in [0.15, 0.2) is 15.9 Å². The Balaban J connectivity index is 1.51. The normalized spacial score (nSPS) is 18.6. The maximum atomic E-state index is 12.8. The number of likely N-dealkylation sites (N-methyl/N-ethyl adjacent to an activating group) is 1. The van der Waals surface area contributed by atoms with Crippen LogP contribution in [0.2, 0.25) is 5.02 Å². The van der Waals surface area contributed by atoms with Gasteiger partial charge in [0.2, 0.25) is 0 Å². The fourth-order valence-electron chi connectivity index (χ4n) is 3.72. The Labute approximate surface area is 194 Å². The summed E-state index contributed by atoms with van der Waals surface area (Å²) in [4.78, 5) is 27.9. The van der Waals surface area contributed by atoms with Crippen LogP contribution < -0.4 is 0 Å². The number of sulfone groups is 1. The van der Waals surface area contributed by atoms with Crippen LogP contribution in [0.4, 0.5) is 0 Å². The Bertz CT molecular complexity index is 1300. The van der Waals surface area contributed by atoms with Gasteiger partial charge in [-0.15, -0.1) is 11.3 Å². The standard InChI is InChI=1S/C21H22ClN3O5S2/c1-12-17-10-18(31-20(17)25(23-12)15-6-4-14(22)5-7-15)21(27)30-13(2)19(26)24(3)16-8-9-32(28,29)11-16/h4-7,10,13,16H,8-9,11H2,1-3H3. The lowest BCUT2D eigenvalue weighted by molar-refractivity contribution is -0.140. The maximum absolute atomic E-state index is 12.8. The molecule has 0 N–H and O–H groups in total. The molecule has 0 bridgehead atoms. The Morgan fingerprint density at radius 3 is 2.62 bits per heavy atom. The van der Waals surface area contributed by atoms with Crippen LogP contribution in [0.3, 0.4) is 0 Å². The first kappa shape index (κ1) is 22.8. The summed E-state index contributed by atoms with van der Waals surface area (Å²) < 4.78 is 30.6. The van der Waals surface area contributed by atoms with Crippen LogP contribution in [-0.4, -0.2) is 65.7 Å². The number of carbonyl (C=O) groups excluding carboxylic acids is 2. The molecule has 1 saturated heterocycles. The van der Waals surface area contributed by atoms with Gasteiger partial charge >= 0.3 is 5.97 Å². The van der Waals surface area contributed by atoms with E-state index in [9.17, 15) is 18.0 Å². The number of aromatic nitrogens is 2. The second-order valence-corrected chi connectivity index (χ2v) is 11.6. The first-order chi connectivity index (χ1) is 15.1. The molecule has 3 aromatic rings. The van der Waals surface area contributed by atoms with Crippen molar-refractivity contribution in [2.75, 3.05) is 18.6 Å². The molecule has 1 fully saturated rings. The molecule has 8 nitrogen and oxygen atoms in total. The average molecular weight is 496 g/mol. The van der Waals surface area contributed by atoms with Crippen molar-refractivity contribution in [2.45, 2.75) is 32.4 Å². The molecule has 2 atom stereocenters. The van der Waals surface area contributed by atoms with Crippen LogP contribution in [0.5, 0.6) is 0 Å². The summed E-state index contributed by atoms with van der Waals surface area (Å²) in [6, 6.07) is 8.52. The molecule has 3 heterocycles. The summed E-state index contributed by atoms with van der Waals surface area (Å²) in [7, 11) is -1.58. The van der Waals surface area contributed by atoms with E-state index in [2.05, 4.69) is 5.10 Å². The lowest BCUT2D eigenvalue weighted by Crippen LogP contribution is -2.44. The van der Waals surface area contributed by atoms with Gasteiger partial charge in [-0.2, -0.15) is 5.10 Å². The zero-order valence-electron chi connectivity index (χ0n) is 17.7. The van der Waals surface area contributed by atoms with E-state index >= 15 is 0 Å². The van der Waals surface area contributed by atoms with Crippen LogP contribution in [0.25, 0.3) is 15.9 Å². The number of benzene rings is 1. The van der Waals surface area contributed by atoms with Crippen molar-refractivity contribution in [3.63, 3.8) is 0 Å². The average Bonchev–Trinajstić information content (AvgIpc) is 3.42. The molecule has 2 unspecified atom stereocenters. The molecule has 1 aromatic carbocycles. The number of hydrogen-bond donors (Lipinski definition) is 0. The molecule has 32 heavy (non-hydrogen) atoms. The highest BCUT2D eigenvalue weighted by Gasteiger charge is 2.35. The van der Waals surface area contributed by atoms with E-state index in [1.807, 2.05) is 19.1 Å². The van der Waals surface area contributed by atoms with Crippen molar-refractivity contribution in [2.24, 2.45) is 0 Å². The monoisotopic (exact) mass is 495 g/mol. The summed E-state index contributed by atoms with van der Waals surface area (Å²) in [6.07, 6.45) is -0.642. The van der Waals surface area contributed by atoms with Gasteiger partial charge < -0.3 is 9.64 Å². The Morgan fingerprint density at radius 1 is 1.31 bits per heavy atom. The molecule has 1 aliphatic rings. The molecule has 1 amide bonds. The number of esters is 1. The summed E-state index contributed by atoms with van der Waals surface area (Å²) in [6.45, 7) is 3.35. The van der Waals surface area contributed by atoms with Crippen molar-refractivity contribution in [1.82, 2.24) is 14.7 Å². The number of hydrogen-bond acceptors (Lipinski definition) is 7. The molecule has 0 radical (unpaired) electrons. The number of rotatable bonds is 5. The van der Waals surface area contributed by atoms with Crippen LogP contribution in [0.1, 0.15) is 28.7 Å². The highest BCUT2D eigenvalue weighted by atomic mass is 35.5.